The van der Waals surface area contributed by atoms with Crippen LogP contribution in [0.25, 0.3) is 27.8 Å². The minimum atomic E-state index is -0.915. The van der Waals surface area contributed by atoms with Crippen LogP contribution in [-0.2, 0) is 12.0 Å². The molecule has 4 aromatic rings. The van der Waals surface area contributed by atoms with Crippen molar-refractivity contribution in [2.24, 2.45) is 0 Å². The molecule has 0 amide bonds. The van der Waals surface area contributed by atoms with Crippen LogP contribution in [0.15, 0.2) is 111 Å². The van der Waals surface area contributed by atoms with E-state index < -0.39 is 10.0 Å². The fourth-order valence-corrected chi connectivity index (χ4v) is 12.5. The fourth-order valence-electron chi connectivity index (χ4n) is 11.0. The van der Waals surface area contributed by atoms with Gasteiger partial charge in [0.2, 0.25) is 5.69 Å². The van der Waals surface area contributed by atoms with E-state index >= 15 is 0 Å². The molecule has 1 fully saturated rings. The number of pyridine rings is 1. The van der Waals surface area contributed by atoms with Gasteiger partial charge in [-0.2, -0.15) is 4.57 Å². The molecule has 0 radical (unpaired) electrons. The highest BCUT2D eigenvalue weighted by atomic mass is 32.3. The Labute approximate surface area is 291 Å². The standard InChI is InChI=1S/C45H45N2OS/c1-27-25-36-32-17-10-11-18-33(32)41-44(46(36)26-38(27)49(2,3)4)45(41)35-22-21-34-39-30(28-13-6-5-7-14-28)19-12-20-37(39)48-43(34)40(35)42-31-16-9-8-15-29(31)23-24-47(42)45/h6,10-11,13-14,17-19,21-26,41-42,44H,5,7-9,12,15-16,20H2,1-4H3/q+1. The second-order valence-corrected chi connectivity index (χ2v) is 20.4. The van der Waals surface area contributed by atoms with Crippen LogP contribution < -0.4 is 4.57 Å². The molecule has 5 heterocycles. The molecule has 0 bridgehead atoms. The lowest BCUT2D eigenvalue weighted by atomic mass is 9.82. The molecule has 49 heavy (non-hydrogen) atoms. The third-order valence-electron chi connectivity index (χ3n) is 12.9. The summed E-state index contributed by atoms with van der Waals surface area (Å²) in [6, 6.07) is 17.4. The van der Waals surface area contributed by atoms with Crippen molar-refractivity contribution in [1.82, 2.24) is 4.90 Å². The maximum absolute atomic E-state index is 7.21. The minimum Gasteiger partial charge on any atom is -0.460 e. The van der Waals surface area contributed by atoms with Gasteiger partial charge in [-0.25, -0.2) is 10.0 Å². The number of aromatic nitrogens is 1. The largest absolute Gasteiger partial charge is 0.460 e. The van der Waals surface area contributed by atoms with E-state index in [1.165, 1.54) is 91.9 Å². The smallest absolute Gasteiger partial charge is 0.213 e. The molecule has 7 aliphatic rings. The van der Waals surface area contributed by atoms with E-state index in [1.54, 1.807) is 11.1 Å². The van der Waals surface area contributed by atoms with Gasteiger partial charge in [0.25, 0.3) is 0 Å². The number of aryl methyl sites for hydroxylation is 2. The molecule has 3 aliphatic heterocycles. The van der Waals surface area contributed by atoms with Crippen LogP contribution in [0.5, 0.6) is 0 Å². The number of nitrogens with zero attached hydrogens (tertiary/aromatic N) is 2. The molecule has 246 valence electrons. The number of benzene rings is 2. The monoisotopic (exact) mass is 661 g/mol. The predicted octanol–water partition coefficient (Wildman–Crippen LogP) is 10.7. The van der Waals surface area contributed by atoms with Crippen LogP contribution >= 0.6 is 10.0 Å². The zero-order chi connectivity index (χ0) is 32.8. The van der Waals surface area contributed by atoms with Crippen molar-refractivity contribution in [2.45, 2.75) is 86.7 Å². The molecule has 4 heteroatoms. The summed E-state index contributed by atoms with van der Waals surface area (Å²) in [5.74, 6) is 1.56. The Kier molecular flexibility index (Phi) is 5.77. The van der Waals surface area contributed by atoms with E-state index in [2.05, 4.69) is 120 Å². The molecular weight excluding hydrogens is 617 g/mol. The predicted molar refractivity (Wildman–Crippen MR) is 202 cm³/mol. The summed E-state index contributed by atoms with van der Waals surface area (Å²) < 4.78 is 9.93. The highest BCUT2D eigenvalue weighted by Gasteiger charge is 2.81. The molecule has 4 unspecified atom stereocenters. The summed E-state index contributed by atoms with van der Waals surface area (Å²) in [7, 11) is -0.915. The Hall–Kier alpha value is -4.02. The molecule has 11 rings (SSSR count). The third kappa shape index (κ3) is 3.64. The fraction of sp³-hybridized carbons (Fsp3) is 0.356. The second-order valence-electron chi connectivity index (χ2n) is 16.3. The molecule has 0 N–H and O–H groups in total. The summed E-state index contributed by atoms with van der Waals surface area (Å²) in [6.45, 7) is 2.33. The Morgan fingerprint density at radius 1 is 0.939 bits per heavy atom. The number of rotatable bonds is 2. The van der Waals surface area contributed by atoms with E-state index in [9.17, 15) is 0 Å². The number of furan rings is 1. The molecule has 0 saturated heterocycles. The third-order valence-corrected chi connectivity index (χ3v) is 14.7. The van der Waals surface area contributed by atoms with Crippen LogP contribution in [0.4, 0.5) is 0 Å². The van der Waals surface area contributed by atoms with Gasteiger partial charge >= 0.3 is 0 Å². The van der Waals surface area contributed by atoms with Crippen molar-refractivity contribution in [1.29, 1.82) is 0 Å². The number of hydrogen-bond acceptors (Lipinski definition) is 2. The zero-order valence-corrected chi connectivity index (χ0v) is 30.0. The average molecular weight is 662 g/mol. The average Bonchev–Trinajstić information content (AvgIpc) is 3.52. The van der Waals surface area contributed by atoms with Gasteiger partial charge in [-0.15, -0.1) is 0 Å². The number of fused-ring (bicyclic) bond motifs is 18. The van der Waals surface area contributed by atoms with E-state index in [-0.39, 0.29) is 11.6 Å². The van der Waals surface area contributed by atoms with Crippen molar-refractivity contribution >= 4 is 26.6 Å². The maximum atomic E-state index is 7.21. The maximum Gasteiger partial charge on any atom is 0.213 e. The lowest BCUT2D eigenvalue weighted by Crippen LogP contribution is -2.43. The minimum absolute atomic E-state index is 0.160. The first-order valence-corrected chi connectivity index (χ1v) is 21.4. The topological polar surface area (TPSA) is 20.3 Å². The van der Waals surface area contributed by atoms with Gasteiger partial charge < -0.3 is 9.32 Å². The van der Waals surface area contributed by atoms with E-state index in [0.29, 0.717) is 12.0 Å². The Morgan fingerprint density at radius 3 is 2.67 bits per heavy atom. The summed E-state index contributed by atoms with van der Waals surface area (Å²) in [4.78, 5) is 4.36. The molecule has 4 atom stereocenters. The van der Waals surface area contributed by atoms with E-state index in [1.807, 2.05) is 0 Å². The first-order valence-electron chi connectivity index (χ1n) is 18.6. The second kappa shape index (κ2) is 9.82. The first-order chi connectivity index (χ1) is 23.9. The summed E-state index contributed by atoms with van der Waals surface area (Å²) >= 11 is 0. The van der Waals surface area contributed by atoms with Gasteiger partial charge in [-0.3, -0.25) is 0 Å². The van der Waals surface area contributed by atoms with Crippen molar-refractivity contribution in [3.8, 4) is 11.3 Å². The van der Waals surface area contributed by atoms with Gasteiger partial charge in [0, 0.05) is 40.8 Å². The summed E-state index contributed by atoms with van der Waals surface area (Å²) in [5, 5.41) is 1.32. The number of allylic oxidation sites excluding steroid dienone is 8. The van der Waals surface area contributed by atoms with Crippen molar-refractivity contribution in [3.05, 3.63) is 136 Å². The summed E-state index contributed by atoms with van der Waals surface area (Å²) in [5.41, 5.74) is 17.0. The van der Waals surface area contributed by atoms with E-state index in [4.69, 9.17) is 4.42 Å². The lowest BCUT2D eigenvalue weighted by molar-refractivity contribution is -0.699. The molecular formula is C45H45N2OS+. The lowest BCUT2D eigenvalue weighted by Gasteiger charge is -2.37. The van der Waals surface area contributed by atoms with Crippen LogP contribution in [-0.4, -0.2) is 23.7 Å². The van der Waals surface area contributed by atoms with Crippen LogP contribution in [0, 0.1) is 6.92 Å². The molecule has 1 spiro atoms. The molecule has 2 aromatic carbocycles. The van der Waals surface area contributed by atoms with Gasteiger partial charge in [-0.05, 0) is 122 Å². The highest BCUT2D eigenvalue weighted by Crippen LogP contribution is 2.77. The highest BCUT2D eigenvalue weighted by molar-refractivity contribution is 8.32. The first kappa shape index (κ1) is 28.8. The van der Waals surface area contributed by atoms with Gasteiger partial charge in [0.1, 0.15) is 16.9 Å². The zero-order valence-electron chi connectivity index (χ0n) is 29.2. The normalized spacial score (nSPS) is 27.5. The van der Waals surface area contributed by atoms with Gasteiger partial charge in [0.05, 0.1) is 16.9 Å². The summed E-state index contributed by atoms with van der Waals surface area (Å²) in [6.07, 6.45) is 33.7. The number of hydrogen-bond donors (Lipinski definition) is 0. The van der Waals surface area contributed by atoms with E-state index in [0.717, 1.165) is 31.3 Å². The van der Waals surface area contributed by atoms with Crippen LogP contribution in [0.2, 0.25) is 0 Å². The molecule has 1 saturated carbocycles. The van der Waals surface area contributed by atoms with Gasteiger partial charge in [-0.1, -0.05) is 54.6 Å². The quantitative estimate of drug-likeness (QED) is 0.199. The van der Waals surface area contributed by atoms with Gasteiger partial charge in [0.15, 0.2) is 12.2 Å². The molecule has 3 nitrogen and oxygen atoms in total. The Bertz CT molecular complexity index is 2320. The molecule has 4 aliphatic carbocycles. The van der Waals surface area contributed by atoms with Crippen LogP contribution in [0.1, 0.15) is 96.5 Å². The SMILES string of the molecule is Cc1cc2[n+](cc1S(C)(C)C)C1C(c3ccccc3-2)C12c1ccc3c4c(oc3c1C1C3=C(C=CN12)CCCC3)CCC=C4C1=CCCC=C1. The Morgan fingerprint density at radius 2 is 1.82 bits per heavy atom. The van der Waals surface area contributed by atoms with Crippen molar-refractivity contribution < 1.29 is 8.98 Å². The van der Waals surface area contributed by atoms with Crippen LogP contribution in [0.3, 0.4) is 0 Å². The van der Waals surface area contributed by atoms with Crippen molar-refractivity contribution in [2.75, 3.05) is 18.8 Å². The van der Waals surface area contributed by atoms with Crippen molar-refractivity contribution in [3.63, 3.8) is 0 Å². The Balaban J connectivity index is 1.19. The molecule has 2 aromatic heterocycles.